The fourth-order valence-electron chi connectivity index (χ4n) is 5.10. The van der Waals surface area contributed by atoms with E-state index < -0.39 is 0 Å². The smallest absolute Gasteiger partial charge is 0.290 e. The van der Waals surface area contributed by atoms with Crippen LogP contribution in [0.1, 0.15) is 48.2 Å². The van der Waals surface area contributed by atoms with Gasteiger partial charge in [-0.3, -0.25) is 9.59 Å². The number of carbonyl (C=O) groups excluding carboxylic acids is 1. The standard InChI is InChI=1S/C21H26FN3O2.CH2O2/c22-13-5-6-18-17(8-13)20(19-4-2-1-3-7-25(18)19)21(26)24-14-9-15-11-27-12-16(10-14)23-15;2-1-3/h5-6,8,14-16,23H,1-4,7,9-12H2,(H,24,26);1H,(H,2,3). The Balaban J connectivity index is 0.000000687. The molecule has 2 saturated heterocycles. The van der Waals surface area contributed by atoms with Gasteiger partial charge in [0.2, 0.25) is 0 Å². The van der Waals surface area contributed by atoms with Crippen molar-refractivity contribution in [1.29, 1.82) is 0 Å². The minimum Gasteiger partial charge on any atom is -0.483 e. The summed E-state index contributed by atoms with van der Waals surface area (Å²) in [7, 11) is 0. The molecule has 7 nitrogen and oxygen atoms in total. The van der Waals surface area contributed by atoms with Crippen LogP contribution >= 0.6 is 0 Å². The molecule has 30 heavy (non-hydrogen) atoms. The predicted octanol–water partition coefficient (Wildman–Crippen LogP) is 2.46. The van der Waals surface area contributed by atoms with Crippen molar-refractivity contribution in [2.75, 3.05) is 13.2 Å². The Kier molecular flexibility index (Phi) is 6.34. The van der Waals surface area contributed by atoms with Gasteiger partial charge in [-0.2, -0.15) is 0 Å². The van der Waals surface area contributed by atoms with E-state index in [1.807, 2.05) is 6.07 Å². The first-order valence-corrected chi connectivity index (χ1v) is 10.6. The van der Waals surface area contributed by atoms with Gasteiger partial charge in [0, 0.05) is 41.3 Å². The van der Waals surface area contributed by atoms with Gasteiger partial charge in [0.15, 0.2) is 0 Å². The second-order valence-corrected chi connectivity index (χ2v) is 8.29. The number of fused-ring (bicyclic) bond motifs is 5. The van der Waals surface area contributed by atoms with Crippen LogP contribution in [0.4, 0.5) is 4.39 Å². The summed E-state index contributed by atoms with van der Waals surface area (Å²) in [5.74, 6) is -0.335. The lowest BCUT2D eigenvalue weighted by molar-refractivity contribution is -0.122. The molecule has 5 rings (SSSR count). The van der Waals surface area contributed by atoms with Crippen LogP contribution in [0.3, 0.4) is 0 Å². The number of benzene rings is 1. The van der Waals surface area contributed by atoms with Crippen LogP contribution in [0.5, 0.6) is 0 Å². The number of piperidine rings is 1. The Bertz CT molecular complexity index is 917. The molecule has 0 spiro atoms. The highest BCUT2D eigenvalue weighted by molar-refractivity contribution is 6.08. The number of carboxylic acid groups (broad SMARTS) is 1. The van der Waals surface area contributed by atoms with E-state index in [0.717, 1.165) is 55.2 Å². The van der Waals surface area contributed by atoms with Gasteiger partial charge in [0.25, 0.3) is 12.4 Å². The molecule has 0 aliphatic carbocycles. The molecule has 1 aromatic heterocycles. The maximum Gasteiger partial charge on any atom is 0.290 e. The summed E-state index contributed by atoms with van der Waals surface area (Å²) >= 11 is 0. The van der Waals surface area contributed by atoms with Gasteiger partial charge in [0.1, 0.15) is 5.82 Å². The first-order chi connectivity index (χ1) is 14.6. The summed E-state index contributed by atoms with van der Waals surface area (Å²) in [5.41, 5.74) is 2.74. The maximum absolute atomic E-state index is 14.0. The van der Waals surface area contributed by atoms with Crippen molar-refractivity contribution < 1.29 is 23.8 Å². The Morgan fingerprint density at radius 1 is 1.23 bits per heavy atom. The minimum absolute atomic E-state index is 0.0489. The normalized spacial score (nSPS) is 25.4. The van der Waals surface area contributed by atoms with Gasteiger partial charge in [-0.1, -0.05) is 6.42 Å². The largest absolute Gasteiger partial charge is 0.483 e. The quantitative estimate of drug-likeness (QED) is 0.653. The van der Waals surface area contributed by atoms with Crippen LogP contribution in [0, 0.1) is 5.82 Å². The summed E-state index contributed by atoms with van der Waals surface area (Å²) in [5, 5.41) is 14.5. The number of ether oxygens (including phenoxy) is 1. The van der Waals surface area contributed by atoms with Crippen molar-refractivity contribution in [2.24, 2.45) is 0 Å². The van der Waals surface area contributed by atoms with Gasteiger partial charge < -0.3 is 25.0 Å². The van der Waals surface area contributed by atoms with E-state index in [9.17, 15) is 9.18 Å². The van der Waals surface area contributed by atoms with Gasteiger partial charge in [-0.05, 0) is 50.3 Å². The molecule has 2 fully saturated rings. The van der Waals surface area contributed by atoms with Crippen molar-refractivity contribution in [3.05, 3.63) is 35.3 Å². The molecule has 162 valence electrons. The van der Waals surface area contributed by atoms with Gasteiger partial charge in [-0.25, -0.2) is 4.39 Å². The molecule has 2 bridgehead atoms. The van der Waals surface area contributed by atoms with Crippen LogP contribution in [0.2, 0.25) is 0 Å². The lowest BCUT2D eigenvalue weighted by atomic mass is 9.92. The molecule has 3 aliphatic heterocycles. The summed E-state index contributed by atoms with van der Waals surface area (Å²) < 4.78 is 21.8. The molecule has 8 heteroatoms. The number of morpholine rings is 1. The number of amides is 1. The van der Waals surface area contributed by atoms with Crippen molar-refractivity contribution in [3.8, 4) is 0 Å². The molecule has 0 radical (unpaired) electrons. The highest BCUT2D eigenvalue weighted by Crippen LogP contribution is 2.31. The van der Waals surface area contributed by atoms with Crippen LogP contribution in [-0.2, 0) is 22.5 Å². The molecule has 1 amide bonds. The van der Waals surface area contributed by atoms with E-state index >= 15 is 0 Å². The molecule has 2 aromatic rings. The third-order valence-corrected chi connectivity index (χ3v) is 6.24. The van der Waals surface area contributed by atoms with Crippen LogP contribution < -0.4 is 10.6 Å². The molecule has 0 saturated carbocycles. The predicted molar refractivity (Wildman–Crippen MR) is 110 cm³/mol. The number of nitrogens with one attached hydrogen (secondary N) is 2. The molecule has 2 unspecified atom stereocenters. The number of aromatic nitrogens is 1. The SMILES string of the molecule is O=C(NC1CC2COCC(C1)N2)c1c2n(c3ccc(F)cc13)CCCCC2.O=CO. The van der Waals surface area contributed by atoms with E-state index in [0.29, 0.717) is 30.9 Å². The summed E-state index contributed by atoms with van der Waals surface area (Å²) in [6, 6.07) is 5.60. The fraction of sp³-hybridized carbons (Fsp3) is 0.545. The summed E-state index contributed by atoms with van der Waals surface area (Å²) in [6.07, 6.45) is 5.99. The zero-order valence-corrected chi connectivity index (χ0v) is 16.9. The van der Waals surface area contributed by atoms with Crippen LogP contribution in [-0.4, -0.2) is 53.4 Å². The maximum atomic E-state index is 14.0. The van der Waals surface area contributed by atoms with Gasteiger partial charge in [0.05, 0.1) is 18.8 Å². The second-order valence-electron chi connectivity index (χ2n) is 8.29. The summed E-state index contributed by atoms with van der Waals surface area (Å²) in [4.78, 5) is 21.7. The molecular weight excluding hydrogens is 389 g/mol. The number of carbonyl (C=O) groups is 2. The van der Waals surface area contributed by atoms with Crippen LogP contribution in [0.15, 0.2) is 18.2 Å². The summed E-state index contributed by atoms with van der Waals surface area (Å²) in [6.45, 7) is 2.07. The number of halogens is 1. The first-order valence-electron chi connectivity index (χ1n) is 10.6. The zero-order chi connectivity index (χ0) is 21.1. The molecular formula is C22H28FN3O4. The highest BCUT2D eigenvalue weighted by atomic mass is 19.1. The minimum atomic E-state index is -0.286. The van der Waals surface area contributed by atoms with Gasteiger partial charge >= 0.3 is 0 Å². The highest BCUT2D eigenvalue weighted by Gasteiger charge is 2.33. The number of hydrogen-bond acceptors (Lipinski definition) is 4. The van der Waals surface area contributed by atoms with Crippen molar-refractivity contribution in [2.45, 2.75) is 63.2 Å². The van der Waals surface area contributed by atoms with Gasteiger partial charge in [-0.15, -0.1) is 0 Å². The van der Waals surface area contributed by atoms with E-state index in [1.165, 1.54) is 18.6 Å². The molecule has 2 atom stereocenters. The zero-order valence-electron chi connectivity index (χ0n) is 16.9. The van der Waals surface area contributed by atoms with Crippen molar-refractivity contribution in [3.63, 3.8) is 0 Å². The van der Waals surface area contributed by atoms with Crippen LogP contribution in [0.25, 0.3) is 10.9 Å². The molecule has 1 aromatic carbocycles. The Labute approximate surface area is 174 Å². The van der Waals surface area contributed by atoms with E-state index in [1.54, 1.807) is 0 Å². The molecule has 3 N–H and O–H groups in total. The van der Waals surface area contributed by atoms with E-state index in [2.05, 4.69) is 15.2 Å². The third kappa shape index (κ3) is 4.20. The lowest BCUT2D eigenvalue weighted by Gasteiger charge is -2.40. The number of rotatable bonds is 2. The number of aryl methyl sites for hydroxylation is 1. The lowest BCUT2D eigenvalue weighted by Crippen LogP contribution is -2.58. The Hall–Kier alpha value is -2.45. The van der Waals surface area contributed by atoms with Crippen molar-refractivity contribution in [1.82, 2.24) is 15.2 Å². The molecule has 4 heterocycles. The average molecular weight is 417 g/mol. The monoisotopic (exact) mass is 417 g/mol. The van der Waals surface area contributed by atoms with E-state index in [4.69, 9.17) is 14.6 Å². The Morgan fingerprint density at radius 2 is 1.97 bits per heavy atom. The number of nitrogens with zero attached hydrogens (tertiary/aromatic N) is 1. The average Bonchev–Trinajstić information content (AvgIpc) is 2.84. The van der Waals surface area contributed by atoms with Crippen molar-refractivity contribution >= 4 is 23.3 Å². The van der Waals surface area contributed by atoms with E-state index in [-0.39, 0.29) is 24.2 Å². The third-order valence-electron chi connectivity index (χ3n) is 6.24. The topological polar surface area (TPSA) is 92.6 Å². The number of hydrogen-bond donors (Lipinski definition) is 3. The Morgan fingerprint density at radius 3 is 2.70 bits per heavy atom. The fourth-order valence-corrected chi connectivity index (χ4v) is 5.10. The first kappa shape index (κ1) is 20.8. The second kappa shape index (κ2) is 9.14. The molecule has 3 aliphatic rings.